The molecular formula is C26H26ClNO5. The number of allylic oxidation sites excluding steroid dienone is 2. The maximum atomic E-state index is 12.9. The fraction of sp³-hybridized carbons (Fsp3) is 0.308. The number of benzene rings is 2. The third-order valence-corrected chi connectivity index (χ3v) is 6.31. The Morgan fingerprint density at radius 2 is 1.97 bits per heavy atom. The molecule has 2 atom stereocenters. The summed E-state index contributed by atoms with van der Waals surface area (Å²) in [4.78, 5) is 25.7. The lowest BCUT2D eigenvalue weighted by molar-refractivity contribution is -0.144. The van der Waals surface area contributed by atoms with Gasteiger partial charge in [-0.15, -0.1) is 0 Å². The second-order valence-corrected chi connectivity index (χ2v) is 8.56. The lowest BCUT2D eigenvalue weighted by Crippen LogP contribution is -2.40. The fourth-order valence-corrected chi connectivity index (χ4v) is 4.76. The molecule has 2 unspecified atom stereocenters. The summed E-state index contributed by atoms with van der Waals surface area (Å²) in [6.45, 7) is 4.38. The molecule has 2 aromatic rings. The molecule has 0 radical (unpaired) electrons. The lowest BCUT2D eigenvalue weighted by Gasteiger charge is -2.38. The molecule has 0 fully saturated rings. The summed E-state index contributed by atoms with van der Waals surface area (Å²) < 4.78 is 16.6. The van der Waals surface area contributed by atoms with Crippen molar-refractivity contribution in [1.82, 2.24) is 5.32 Å². The first-order valence-corrected chi connectivity index (χ1v) is 11.2. The minimum absolute atomic E-state index is 0.0374. The highest BCUT2D eigenvalue weighted by Gasteiger charge is 2.43. The molecule has 1 N–H and O–H groups in total. The van der Waals surface area contributed by atoms with Crippen LogP contribution in [0.2, 0.25) is 5.02 Å². The smallest absolute Gasteiger partial charge is 0.315 e. The van der Waals surface area contributed by atoms with E-state index in [4.69, 9.17) is 25.8 Å². The lowest BCUT2D eigenvalue weighted by atomic mass is 9.71. The van der Waals surface area contributed by atoms with Crippen LogP contribution in [0.3, 0.4) is 0 Å². The molecule has 0 spiro atoms. The van der Waals surface area contributed by atoms with E-state index < -0.39 is 17.8 Å². The van der Waals surface area contributed by atoms with Crippen molar-refractivity contribution in [3.05, 3.63) is 82.2 Å². The van der Waals surface area contributed by atoms with Gasteiger partial charge in [-0.3, -0.25) is 9.59 Å². The molecular weight excluding hydrogens is 442 g/mol. The van der Waals surface area contributed by atoms with Crippen molar-refractivity contribution in [1.29, 1.82) is 0 Å². The first-order chi connectivity index (χ1) is 15.9. The zero-order chi connectivity index (χ0) is 23.5. The Morgan fingerprint density at radius 3 is 2.70 bits per heavy atom. The molecule has 2 aromatic carbocycles. The topological polar surface area (TPSA) is 73.9 Å². The Kier molecular flexibility index (Phi) is 6.75. The molecule has 6 nitrogen and oxygen atoms in total. The van der Waals surface area contributed by atoms with E-state index in [0.29, 0.717) is 40.8 Å². The van der Waals surface area contributed by atoms with Crippen LogP contribution in [0.1, 0.15) is 36.3 Å². The van der Waals surface area contributed by atoms with E-state index in [-0.39, 0.29) is 5.78 Å². The predicted octanol–water partition coefficient (Wildman–Crippen LogP) is 4.92. The molecule has 33 heavy (non-hydrogen) atoms. The van der Waals surface area contributed by atoms with Crippen LogP contribution < -0.4 is 14.8 Å². The Morgan fingerprint density at radius 1 is 1.15 bits per heavy atom. The van der Waals surface area contributed by atoms with E-state index in [2.05, 4.69) is 11.9 Å². The fourth-order valence-electron chi connectivity index (χ4n) is 4.54. The largest absolute Gasteiger partial charge is 0.493 e. The summed E-state index contributed by atoms with van der Waals surface area (Å²) in [5, 5.41) is 3.83. The van der Waals surface area contributed by atoms with E-state index in [0.717, 1.165) is 29.7 Å². The van der Waals surface area contributed by atoms with Crippen molar-refractivity contribution in [3.63, 3.8) is 0 Å². The van der Waals surface area contributed by atoms with Crippen molar-refractivity contribution in [3.8, 4) is 11.5 Å². The summed E-state index contributed by atoms with van der Waals surface area (Å²) in [7, 11) is 2.90. The van der Waals surface area contributed by atoms with Gasteiger partial charge >= 0.3 is 5.97 Å². The molecule has 0 saturated heterocycles. The average molecular weight is 468 g/mol. The number of ether oxygens (including phenoxy) is 3. The molecule has 1 heterocycles. The Bertz CT molecular complexity index is 1140. The molecule has 172 valence electrons. The van der Waals surface area contributed by atoms with E-state index >= 15 is 0 Å². The van der Waals surface area contributed by atoms with Crippen LogP contribution >= 0.6 is 11.6 Å². The molecule has 0 aromatic heterocycles. The van der Waals surface area contributed by atoms with E-state index in [1.807, 2.05) is 30.3 Å². The quantitative estimate of drug-likeness (QED) is 0.607. The number of methoxy groups -OCH3 is 2. The monoisotopic (exact) mass is 467 g/mol. The number of esters is 1. The highest BCUT2D eigenvalue weighted by atomic mass is 35.5. The number of hydrogen-bond acceptors (Lipinski definition) is 6. The zero-order valence-corrected chi connectivity index (χ0v) is 19.4. The van der Waals surface area contributed by atoms with Gasteiger partial charge in [0, 0.05) is 34.3 Å². The summed E-state index contributed by atoms with van der Waals surface area (Å²) in [5.41, 5.74) is 3.68. The number of hydrogen-bond donors (Lipinski definition) is 1. The van der Waals surface area contributed by atoms with Gasteiger partial charge in [-0.25, -0.2) is 0 Å². The molecule has 1 aliphatic heterocycles. The number of Topliss-reactive ketones (excluding diaryl/α,β-unsaturated/α-hetero) is 1. The minimum atomic E-state index is -0.723. The van der Waals surface area contributed by atoms with Gasteiger partial charge in [-0.1, -0.05) is 36.4 Å². The number of halogens is 1. The van der Waals surface area contributed by atoms with E-state index in [9.17, 15) is 9.59 Å². The Labute approximate surface area is 198 Å². The van der Waals surface area contributed by atoms with Crippen LogP contribution in [0, 0.1) is 5.92 Å². The van der Waals surface area contributed by atoms with E-state index in [1.165, 1.54) is 7.11 Å². The van der Waals surface area contributed by atoms with Crippen molar-refractivity contribution in [2.75, 3.05) is 14.2 Å². The van der Waals surface area contributed by atoms with Crippen LogP contribution in [-0.2, 0) is 20.9 Å². The second kappa shape index (κ2) is 9.71. The van der Waals surface area contributed by atoms with Crippen molar-refractivity contribution in [2.45, 2.75) is 31.8 Å². The highest BCUT2D eigenvalue weighted by Crippen LogP contribution is 2.46. The Balaban J connectivity index is 1.71. The number of carbonyl (C=O) groups is 2. The van der Waals surface area contributed by atoms with Gasteiger partial charge in [0.05, 0.1) is 14.2 Å². The first-order valence-electron chi connectivity index (χ1n) is 10.8. The summed E-state index contributed by atoms with van der Waals surface area (Å²) in [6, 6.07) is 12.9. The normalized spacial score (nSPS) is 20.1. The van der Waals surface area contributed by atoms with Gasteiger partial charge in [0.2, 0.25) is 0 Å². The standard InChI is InChI=1S/C26H26ClNO5/c1-15-23(26(30)32-3)24(25-19(28-15)8-5-9-20(25)29)17-10-11-21(22(13-17)31-2)33-14-16-6-4-7-18(27)12-16/h4,6-7,10-13,23-24,28H,1,5,8-9,14H2,2-3H3. The number of nitrogens with one attached hydrogen (secondary N) is 1. The number of ketones is 1. The zero-order valence-electron chi connectivity index (χ0n) is 18.7. The van der Waals surface area contributed by atoms with Crippen molar-refractivity contribution < 1.29 is 23.8 Å². The maximum Gasteiger partial charge on any atom is 0.315 e. The average Bonchev–Trinajstić information content (AvgIpc) is 2.81. The van der Waals surface area contributed by atoms with Crippen LogP contribution in [0.4, 0.5) is 0 Å². The maximum absolute atomic E-state index is 12.9. The SMILES string of the molecule is C=C1NC2=C(C(=O)CCC2)C(c2ccc(OCc3cccc(Cl)c3)c(OC)c2)C1C(=O)OC. The molecule has 1 aliphatic carbocycles. The van der Waals surface area contributed by atoms with Gasteiger partial charge in [0.1, 0.15) is 12.5 Å². The van der Waals surface area contributed by atoms with Crippen LogP contribution in [0.15, 0.2) is 66.0 Å². The summed E-state index contributed by atoms with van der Waals surface area (Å²) in [5.74, 6) is -0.581. The third kappa shape index (κ3) is 4.62. The first kappa shape index (κ1) is 22.9. The minimum Gasteiger partial charge on any atom is -0.493 e. The van der Waals surface area contributed by atoms with Crippen LogP contribution in [0.5, 0.6) is 11.5 Å². The van der Waals surface area contributed by atoms with Gasteiger partial charge in [-0.2, -0.15) is 0 Å². The molecule has 0 saturated carbocycles. The third-order valence-electron chi connectivity index (χ3n) is 6.07. The predicted molar refractivity (Wildman–Crippen MR) is 125 cm³/mol. The van der Waals surface area contributed by atoms with Gasteiger partial charge < -0.3 is 19.5 Å². The number of rotatable bonds is 6. The molecule has 2 aliphatic rings. The summed E-state index contributed by atoms with van der Waals surface area (Å²) in [6.07, 6.45) is 1.96. The molecule has 7 heteroatoms. The van der Waals surface area contributed by atoms with Gasteiger partial charge in [0.25, 0.3) is 0 Å². The summed E-state index contributed by atoms with van der Waals surface area (Å²) >= 11 is 6.06. The second-order valence-electron chi connectivity index (χ2n) is 8.13. The van der Waals surface area contributed by atoms with Gasteiger partial charge in [-0.05, 0) is 48.2 Å². The van der Waals surface area contributed by atoms with Crippen molar-refractivity contribution >= 4 is 23.4 Å². The van der Waals surface area contributed by atoms with Crippen LogP contribution in [0.25, 0.3) is 0 Å². The van der Waals surface area contributed by atoms with Crippen molar-refractivity contribution in [2.24, 2.45) is 5.92 Å². The molecule has 4 rings (SSSR count). The molecule has 0 amide bonds. The van der Waals surface area contributed by atoms with E-state index in [1.54, 1.807) is 19.2 Å². The highest BCUT2D eigenvalue weighted by molar-refractivity contribution is 6.30. The molecule has 0 bridgehead atoms. The van der Waals surface area contributed by atoms with Crippen LogP contribution in [-0.4, -0.2) is 26.0 Å². The Hall–Kier alpha value is -3.25. The number of carbonyl (C=O) groups excluding carboxylic acids is 2. The van der Waals surface area contributed by atoms with Gasteiger partial charge in [0.15, 0.2) is 17.3 Å².